The first kappa shape index (κ1) is 19.0. The number of nitrogens with zero attached hydrogens (tertiary/aromatic N) is 1. The predicted octanol–water partition coefficient (Wildman–Crippen LogP) is 3.60. The third kappa shape index (κ3) is 4.92. The largest absolute Gasteiger partial charge is 0.495 e. The molecular formula is C18H22ClN3O3S. The number of methoxy groups -OCH3 is 1. The Morgan fingerprint density at radius 3 is 2.85 bits per heavy atom. The summed E-state index contributed by atoms with van der Waals surface area (Å²) >= 11 is 7.40. The van der Waals surface area contributed by atoms with Crippen LogP contribution in [0.3, 0.4) is 0 Å². The molecule has 0 bridgehead atoms. The molecule has 1 heterocycles. The highest BCUT2D eigenvalue weighted by molar-refractivity contribution is 8.15. The van der Waals surface area contributed by atoms with E-state index in [0.717, 1.165) is 12.8 Å². The van der Waals surface area contributed by atoms with Gasteiger partial charge in [0.25, 0.3) is 0 Å². The summed E-state index contributed by atoms with van der Waals surface area (Å²) in [7, 11) is 1.53. The minimum Gasteiger partial charge on any atom is -0.495 e. The van der Waals surface area contributed by atoms with E-state index < -0.39 is 5.25 Å². The smallest absolute Gasteiger partial charge is 0.240 e. The molecule has 26 heavy (non-hydrogen) atoms. The fourth-order valence-electron chi connectivity index (χ4n) is 3.10. The van der Waals surface area contributed by atoms with Crippen molar-refractivity contribution in [3.8, 4) is 5.75 Å². The van der Waals surface area contributed by atoms with Crippen molar-refractivity contribution in [2.24, 2.45) is 4.99 Å². The molecule has 1 aromatic rings. The number of carbonyl (C=O) groups is 2. The second-order valence-electron chi connectivity index (χ2n) is 6.42. The zero-order valence-electron chi connectivity index (χ0n) is 14.6. The van der Waals surface area contributed by atoms with Gasteiger partial charge in [-0.2, -0.15) is 0 Å². The number of hydrogen-bond acceptors (Lipinski definition) is 5. The molecule has 1 saturated carbocycles. The molecule has 8 heteroatoms. The summed E-state index contributed by atoms with van der Waals surface area (Å²) in [5.41, 5.74) is 0.570. The van der Waals surface area contributed by atoms with Crippen molar-refractivity contribution in [2.45, 2.75) is 49.8 Å². The Labute approximate surface area is 162 Å². The van der Waals surface area contributed by atoms with Crippen LogP contribution in [-0.4, -0.2) is 35.4 Å². The van der Waals surface area contributed by atoms with Crippen LogP contribution in [0.2, 0.25) is 5.02 Å². The summed E-state index contributed by atoms with van der Waals surface area (Å²) in [6.07, 6.45) is 5.88. The monoisotopic (exact) mass is 395 g/mol. The lowest BCUT2D eigenvalue weighted by Gasteiger charge is -2.17. The van der Waals surface area contributed by atoms with Gasteiger partial charge >= 0.3 is 0 Å². The molecule has 0 aromatic heterocycles. The fraction of sp³-hybridized carbons (Fsp3) is 0.500. The highest BCUT2D eigenvalue weighted by atomic mass is 35.5. The molecule has 1 aliphatic heterocycles. The lowest BCUT2D eigenvalue weighted by atomic mass is 9.96. The van der Waals surface area contributed by atoms with Crippen LogP contribution in [0.4, 0.5) is 5.69 Å². The maximum absolute atomic E-state index is 12.3. The Morgan fingerprint density at radius 2 is 2.15 bits per heavy atom. The Bertz CT molecular complexity index is 720. The molecule has 1 atom stereocenters. The van der Waals surface area contributed by atoms with Crippen LogP contribution in [0.1, 0.15) is 38.5 Å². The van der Waals surface area contributed by atoms with Gasteiger partial charge in [-0.3, -0.25) is 14.6 Å². The number of rotatable bonds is 5. The summed E-state index contributed by atoms with van der Waals surface area (Å²) in [6, 6.07) is 5.31. The second-order valence-corrected chi connectivity index (χ2v) is 8.02. The van der Waals surface area contributed by atoms with Crippen LogP contribution in [0, 0.1) is 0 Å². The summed E-state index contributed by atoms with van der Waals surface area (Å²) < 4.78 is 5.09. The van der Waals surface area contributed by atoms with Crippen molar-refractivity contribution in [1.82, 2.24) is 5.32 Å². The van der Waals surface area contributed by atoms with Crippen molar-refractivity contribution in [3.63, 3.8) is 0 Å². The molecule has 0 spiro atoms. The predicted molar refractivity (Wildman–Crippen MR) is 105 cm³/mol. The van der Waals surface area contributed by atoms with Crippen molar-refractivity contribution < 1.29 is 14.3 Å². The number of aliphatic imine (C=N–C) groups is 1. The first-order valence-electron chi connectivity index (χ1n) is 8.74. The van der Waals surface area contributed by atoms with Gasteiger partial charge in [0.05, 0.1) is 18.2 Å². The van der Waals surface area contributed by atoms with Gasteiger partial charge < -0.3 is 15.4 Å². The lowest BCUT2D eigenvalue weighted by Crippen LogP contribution is -2.28. The Morgan fingerprint density at radius 1 is 1.38 bits per heavy atom. The van der Waals surface area contributed by atoms with Crippen molar-refractivity contribution in [1.29, 1.82) is 0 Å². The van der Waals surface area contributed by atoms with Gasteiger partial charge in [-0.25, -0.2) is 0 Å². The number of amides is 2. The number of hydrogen-bond donors (Lipinski definition) is 2. The van der Waals surface area contributed by atoms with E-state index in [4.69, 9.17) is 16.3 Å². The van der Waals surface area contributed by atoms with Gasteiger partial charge in [-0.1, -0.05) is 42.6 Å². The molecule has 2 aliphatic rings. The molecule has 0 radical (unpaired) electrons. The van der Waals surface area contributed by atoms with Crippen LogP contribution < -0.4 is 15.4 Å². The molecule has 3 rings (SSSR count). The number of amidine groups is 1. The van der Waals surface area contributed by atoms with E-state index in [-0.39, 0.29) is 18.2 Å². The molecule has 1 aromatic carbocycles. The minimum atomic E-state index is -0.453. The normalized spacial score (nSPS) is 22.3. The van der Waals surface area contributed by atoms with E-state index in [2.05, 4.69) is 15.6 Å². The highest BCUT2D eigenvalue weighted by Crippen LogP contribution is 2.29. The van der Waals surface area contributed by atoms with Gasteiger partial charge in [0.15, 0.2) is 5.17 Å². The molecule has 2 amide bonds. The molecule has 6 nitrogen and oxygen atoms in total. The van der Waals surface area contributed by atoms with Crippen LogP contribution in [-0.2, 0) is 9.59 Å². The van der Waals surface area contributed by atoms with Crippen LogP contribution in [0.25, 0.3) is 0 Å². The average Bonchev–Trinajstić information content (AvgIpc) is 2.95. The lowest BCUT2D eigenvalue weighted by molar-refractivity contribution is -0.122. The molecule has 1 aliphatic carbocycles. The third-order valence-electron chi connectivity index (χ3n) is 4.46. The molecule has 1 saturated heterocycles. The number of anilines is 1. The summed E-state index contributed by atoms with van der Waals surface area (Å²) in [5, 5.41) is 6.18. The number of halogens is 1. The van der Waals surface area contributed by atoms with Gasteiger partial charge in [0.2, 0.25) is 11.8 Å². The maximum Gasteiger partial charge on any atom is 0.240 e. The van der Waals surface area contributed by atoms with Crippen LogP contribution >= 0.6 is 23.4 Å². The quantitative estimate of drug-likeness (QED) is 0.798. The fourth-order valence-corrected chi connectivity index (χ4v) is 4.40. The van der Waals surface area contributed by atoms with E-state index in [0.29, 0.717) is 27.7 Å². The summed E-state index contributed by atoms with van der Waals surface area (Å²) in [4.78, 5) is 29.0. The first-order chi connectivity index (χ1) is 12.5. The number of thioether (sulfide) groups is 1. The summed E-state index contributed by atoms with van der Waals surface area (Å²) in [6.45, 7) is 0. The maximum atomic E-state index is 12.3. The minimum absolute atomic E-state index is 0.0871. The van der Waals surface area contributed by atoms with Gasteiger partial charge in [-0.05, 0) is 31.0 Å². The number of ether oxygens (including phenoxy) is 1. The molecule has 1 unspecified atom stereocenters. The Balaban J connectivity index is 1.54. The van der Waals surface area contributed by atoms with Crippen molar-refractivity contribution >= 4 is 46.0 Å². The van der Waals surface area contributed by atoms with Crippen molar-refractivity contribution in [2.75, 3.05) is 12.4 Å². The number of carbonyl (C=O) groups excluding carboxylic acids is 2. The van der Waals surface area contributed by atoms with Crippen LogP contribution in [0.5, 0.6) is 5.75 Å². The highest BCUT2D eigenvalue weighted by Gasteiger charge is 2.32. The molecular weight excluding hydrogens is 374 g/mol. The summed E-state index contributed by atoms with van der Waals surface area (Å²) in [5.74, 6) is 0.143. The van der Waals surface area contributed by atoms with E-state index in [9.17, 15) is 9.59 Å². The third-order valence-corrected chi connectivity index (χ3v) is 5.85. The Hall–Kier alpha value is -1.73. The SMILES string of the molecule is COc1ccc(NC(=O)CC2SC(=NC3CCCCC3)NC2=O)cc1Cl. The number of benzene rings is 1. The Kier molecular flexibility index (Phi) is 6.43. The van der Waals surface area contributed by atoms with Gasteiger partial charge in [0.1, 0.15) is 11.0 Å². The number of nitrogens with one attached hydrogen (secondary N) is 2. The van der Waals surface area contributed by atoms with Crippen LogP contribution in [0.15, 0.2) is 23.2 Å². The zero-order valence-corrected chi connectivity index (χ0v) is 16.2. The van der Waals surface area contributed by atoms with E-state index in [1.807, 2.05) is 0 Å². The van der Waals surface area contributed by atoms with E-state index in [1.54, 1.807) is 18.2 Å². The van der Waals surface area contributed by atoms with Gasteiger partial charge in [-0.15, -0.1) is 0 Å². The van der Waals surface area contributed by atoms with Gasteiger partial charge in [0, 0.05) is 12.1 Å². The molecule has 140 valence electrons. The first-order valence-corrected chi connectivity index (χ1v) is 9.99. The topological polar surface area (TPSA) is 79.8 Å². The molecule has 2 fully saturated rings. The zero-order chi connectivity index (χ0) is 18.5. The van der Waals surface area contributed by atoms with E-state index >= 15 is 0 Å². The standard InChI is InChI=1S/C18H22ClN3O3S/c1-25-14-8-7-12(9-13(14)19)20-16(23)10-15-17(24)22-18(26-15)21-11-5-3-2-4-6-11/h7-9,11,15H,2-6,10H2,1H3,(H,20,23)(H,21,22,24). The second kappa shape index (κ2) is 8.77. The van der Waals surface area contributed by atoms with Crippen molar-refractivity contribution in [3.05, 3.63) is 23.2 Å². The average molecular weight is 396 g/mol. The van der Waals surface area contributed by atoms with E-state index in [1.165, 1.54) is 38.1 Å². The molecule has 2 N–H and O–H groups in total.